The van der Waals surface area contributed by atoms with Crippen molar-refractivity contribution in [2.75, 3.05) is 0 Å². The molecule has 1 unspecified atom stereocenters. The van der Waals surface area contributed by atoms with Gasteiger partial charge < -0.3 is 15.9 Å². The van der Waals surface area contributed by atoms with Gasteiger partial charge in [-0.15, -0.1) is 0 Å². The van der Waals surface area contributed by atoms with Crippen LogP contribution < -0.4 is 5.73 Å². The zero-order chi connectivity index (χ0) is 23.0. The van der Waals surface area contributed by atoms with Crippen molar-refractivity contribution in [3.63, 3.8) is 0 Å². The number of rotatable bonds is 20. The number of carboxylic acid groups (broad SMARTS) is 2. The molecule has 1 atom stereocenters. The van der Waals surface area contributed by atoms with E-state index in [1.165, 1.54) is 89.9 Å². The first-order valence-corrected chi connectivity index (χ1v) is 13.6. The normalized spacial score (nSPS) is 11.5. The van der Waals surface area contributed by atoms with Crippen molar-refractivity contribution < 1.29 is 24.6 Å². The zero-order valence-corrected chi connectivity index (χ0v) is 22.6. The van der Waals surface area contributed by atoms with Crippen LogP contribution in [0.2, 0.25) is 0 Å². The van der Waals surface area contributed by atoms with Crippen LogP contribution in [0.15, 0.2) is 0 Å². The summed E-state index contributed by atoms with van der Waals surface area (Å²) >= 11 is 0.420. The predicted molar refractivity (Wildman–Crippen MR) is 123 cm³/mol. The molecular weight excluding hydrogens is 409 g/mol. The Hall–Kier alpha value is 0.206. The summed E-state index contributed by atoms with van der Waals surface area (Å²) in [6, 6.07) is -1.06. The maximum atomic E-state index is 10.9. The van der Waals surface area contributed by atoms with Crippen LogP contribution in [0.25, 0.3) is 0 Å². The van der Waals surface area contributed by atoms with Gasteiger partial charge in [-0.1, -0.05) is 39.0 Å². The van der Waals surface area contributed by atoms with Gasteiger partial charge >= 0.3 is 136 Å². The molecule has 0 aliphatic carbocycles. The fourth-order valence-electron chi connectivity index (χ4n) is 3.15. The average molecular weight is 454 g/mol. The van der Waals surface area contributed by atoms with Crippen LogP contribution in [-0.4, -0.2) is 77.0 Å². The molecular formula is C23H44KNO5. The summed E-state index contributed by atoms with van der Waals surface area (Å²) in [5, 5.41) is 16.3. The zero-order valence-electron chi connectivity index (χ0n) is 19.5. The van der Waals surface area contributed by atoms with E-state index in [1.807, 2.05) is 0 Å². The van der Waals surface area contributed by atoms with Crippen LogP contribution in [0.4, 0.5) is 0 Å². The number of hydrogen-bond donors (Lipinski definition) is 3. The van der Waals surface area contributed by atoms with E-state index in [2.05, 4.69) is 6.92 Å². The SMILES string of the molecule is CCCCCCCCCCCCCCCCC[C](=O)[K].NC(CCC(=O)O)C(=O)O. The van der Waals surface area contributed by atoms with E-state index in [0.29, 0.717) is 48.8 Å². The van der Waals surface area contributed by atoms with Crippen LogP contribution in [0, 0.1) is 0 Å². The summed E-state index contributed by atoms with van der Waals surface area (Å²) in [6.07, 6.45) is 21.6. The topological polar surface area (TPSA) is 118 Å². The molecule has 0 saturated carbocycles. The Morgan fingerprint density at radius 3 is 1.37 bits per heavy atom. The van der Waals surface area contributed by atoms with Crippen LogP contribution in [0.5, 0.6) is 0 Å². The van der Waals surface area contributed by atoms with Gasteiger partial charge in [0.15, 0.2) is 0 Å². The van der Waals surface area contributed by atoms with Crippen molar-refractivity contribution in [1.82, 2.24) is 0 Å². The van der Waals surface area contributed by atoms with Crippen molar-refractivity contribution >= 4 is 60.8 Å². The molecule has 0 aromatic rings. The quantitative estimate of drug-likeness (QED) is 0.172. The molecule has 4 N–H and O–H groups in total. The van der Waals surface area contributed by atoms with E-state index in [1.54, 1.807) is 0 Å². The molecule has 7 heteroatoms. The summed E-state index contributed by atoms with van der Waals surface area (Å²) in [6.45, 7) is 2.28. The second-order valence-corrected chi connectivity index (χ2v) is 10.0. The number of carbonyl (C=O) groups is 3. The minimum absolute atomic E-state index is 0.0231. The summed E-state index contributed by atoms with van der Waals surface area (Å²) in [5.41, 5.74) is 5.00. The van der Waals surface area contributed by atoms with E-state index in [-0.39, 0.29) is 12.8 Å². The van der Waals surface area contributed by atoms with Gasteiger partial charge in [0.1, 0.15) is 6.04 Å². The molecule has 0 rings (SSSR count). The maximum absolute atomic E-state index is 10.9. The van der Waals surface area contributed by atoms with Crippen molar-refractivity contribution in [3.8, 4) is 0 Å². The number of hydrogen-bond acceptors (Lipinski definition) is 4. The molecule has 30 heavy (non-hydrogen) atoms. The third-order valence-corrected chi connectivity index (χ3v) is 5.90. The molecule has 0 saturated heterocycles. The van der Waals surface area contributed by atoms with Gasteiger partial charge in [0.05, 0.1) is 0 Å². The fraction of sp³-hybridized carbons (Fsp3) is 0.870. The molecule has 0 radical (unpaired) electrons. The Labute approximate surface area is 217 Å². The predicted octanol–water partition coefficient (Wildman–Crippen LogP) is 5.21. The van der Waals surface area contributed by atoms with E-state index in [0.717, 1.165) is 12.8 Å². The Morgan fingerprint density at radius 2 is 1.07 bits per heavy atom. The number of nitrogens with two attached hydrogens (primary N) is 1. The Bertz CT molecular complexity index is 432. The third kappa shape index (κ3) is 30.4. The van der Waals surface area contributed by atoms with Crippen LogP contribution >= 0.6 is 0 Å². The van der Waals surface area contributed by atoms with Crippen molar-refractivity contribution in [3.05, 3.63) is 0 Å². The van der Waals surface area contributed by atoms with Crippen molar-refractivity contribution in [1.29, 1.82) is 0 Å². The molecule has 6 nitrogen and oxygen atoms in total. The van der Waals surface area contributed by atoms with Crippen molar-refractivity contribution in [2.45, 2.75) is 129 Å². The Morgan fingerprint density at radius 1 is 0.700 bits per heavy atom. The first kappa shape index (κ1) is 32.4. The molecule has 0 aromatic heterocycles. The largest absolute Gasteiger partial charge is 0.481 e. The molecule has 0 bridgehead atoms. The summed E-state index contributed by atoms with van der Waals surface area (Å²) < 4.78 is 0.534. The average Bonchev–Trinajstić information content (AvgIpc) is 2.69. The van der Waals surface area contributed by atoms with E-state index in [4.69, 9.17) is 15.9 Å². The Kier molecular flexibility index (Phi) is 27.5. The van der Waals surface area contributed by atoms with E-state index in [9.17, 15) is 14.4 Å². The molecule has 0 aromatic carbocycles. The minimum Gasteiger partial charge on any atom is -0.481 e. The standard InChI is InChI=1S/C18H35O.C5H9NO4.K/c1-2-3-4-5-6-7-8-9-10-11-12-13-14-15-16-17-18-19;6-3(5(9)10)1-2-4(7)8;/h2-17H2,1H3;3H,1-2,6H2,(H,7,8)(H,9,10);. The second kappa shape index (κ2) is 25.5. The molecule has 0 spiro atoms. The number of carbonyl (C=O) groups excluding carboxylic acids is 1. The first-order valence-electron chi connectivity index (χ1n) is 12.0. The first-order chi connectivity index (χ1) is 14.3. The molecule has 0 aliphatic heterocycles. The Balaban J connectivity index is 0. The minimum atomic E-state index is -1.17. The van der Waals surface area contributed by atoms with Crippen LogP contribution in [0.3, 0.4) is 0 Å². The summed E-state index contributed by atoms with van der Waals surface area (Å²) in [4.78, 5) is 30.7. The van der Waals surface area contributed by atoms with E-state index >= 15 is 0 Å². The molecule has 0 heterocycles. The van der Waals surface area contributed by atoms with Gasteiger partial charge in [0.25, 0.3) is 0 Å². The van der Waals surface area contributed by atoms with Gasteiger partial charge in [-0.25, -0.2) is 0 Å². The molecule has 0 amide bonds. The van der Waals surface area contributed by atoms with E-state index < -0.39 is 18.0 Å². The van der Waals surface area contributed by atoms with Gasteiger partial charge in [-0.05, 0) is 6.42 Å². The number of aliphatic carboxylic acids is 2. The van der Waals surface area contributed by atoms with Crippen molar-refractivity contribution in [2.24, 2.45) is 5.73 Å². The molecule has 172 valence electrons. The van der Waals surface area contributed by atoms with Gasteiger partial charge in [0.2, 0.25) is 0 Å². The second-order valence-electron chi connectivity index (χ2n) is 8.28. The van der Waals surface area contributed by atoms with Gasteiger partial charge in [0, 0.05) is 6.42 Å². The monoisotopic (exact) mass is 453 g/mol. The summed E-state index contributed by atoms with van der Waals surface area (Å²) in [5.74, 6) is -2.20. The molecule has 0 aliphatic rings. The van der Waals surface area contributed by atoms with Crippen LogP contribution in [-0.2, 0) is 14.4 Å². The number of carboxylic acids is 2. The van der Waals surface area contributed by atoms with Crippen LogP contribution in [0.1, 0.15) is 122 Å². The third-order valence-electron chi connectivity index (χ3n) is 5.12. The maximum Gasteiger partial charge on any atom is 0.320 e. The van der Waals surface area contributed by atoms with Gasteiger partial charge in [-0.2, -0.15) is 0 Å². The summed E-state index contributed by atoms with van der Waals surface area (Å²) in [7, 11) is 0. The fourth-order valence-corrected chi connectivity index (χ4v) is 3.70. The smallest absolute Gasteiger partial charge is 0.320 e. The molecule has 0 fully saturated rings. The van der Waals surface area contributed by atoms with Gasteiger partial charge in [-0.3, -0.25) is 9.59 Å². The number of unbranched alkanes of at least 4 members (excludes halogenated alkanes) is 14.